The lowest BCUT2D eigenvalue weighted by molar-refractivity contribution is 0.0697. The van der Waals surface area contributed by atoms with E-state index in [0.717, 1.165) is 37.3 Å². The molecule has 2 aromatic rings. The Hall–Kier alpha value is -2.40. The quantitative estimate of drug-likeness (QED) is 0.694. The largest absolute Gasteiger partial charge is 0.478 e. The van der Waals surface area contributed by atoms with E-state index < -0.39 is 5.97 Å². The molecule has 0 radical (unpaired) electrons. The summed E-state index contributed by atoms with van der Waals surface area (Å²) in [6.07, 6.45) is 4.81. The molecule has 1 aromatic heterocycles. The highest BCUT2D eigenvalue weighted by Crippen LogP contribution is 2.16. The molecule has 0 aliphatic carbocycles. The number of aryl methyl sites for hydroxylation is 1. The van der Waals surface area contributed by atoms with Crippen LogP contribution >= 0.6 is 0 Å². The number of carboxylic acid groups (broad SMARTS) is 1. The molecule has 1 heterocycles. The minimum absolute atomic E-state index is 0.297. The number of carbonyl (C=O) groups is 1. The summed E-state index contributed by atoms with van der Waals surface area (Å²) < 4.78 is 5.07. The lowest BCUT2D eigenvalue weighted by atomic mass is 10.1. The van der Waals surface area contributed by atoms with Crippen molar-refractivity contribution in [1.29, 1.82) is 0 Å². The third-order valence-electron chi connectivity index (χ3n) is 3.60. The summed E-state index contributed by atoms with van der Waals surface area (Å²) >= 11 is 0. The van der Waals surface area contributed by atoms with Gasteiger partial charge in [-0.3, -0.25) is 0 Å². The minimum atomic E-state index is -0.910. The van der Waals surface area contributed by atoms with Crippen LogP contribution in [0.5, 0.6) is 0 Å². The molecule has 23 heavy (non-hydrogen) atoms. The van der Waals surface area contributed by atoms with E-state index in [1.165, 1.54) is 5.56 Å². The Bertz CT molecular complexity index is 626. The highest BCUT2D eigenvalue weighted by atomic mass is 16.5. The van der Waals surface area contributed by atoms with E-state index in [1.807, 2.05) is 18.2 Å². The van der Waals surface area contributed by atoms with Crippen LogP contribution in [0.2, 0.25) is 0 Å². The molecule has 0 fully saturated rings. The number of methoxy groups -OCH3 is 1. The summed E-state index contributed by atoms with van der Waals surface area (Å²) in [6, 6.07) is 10.9. The van der Waals surface area contributed by atoms with Crippen molar-refractivity contribution in [3.05, 3.63) is 59.3 Å². The smallest absolute Gasteiger partial charge is 0.335 e. The molecular weight excluding hydrogens is 292 g/mol. The molecule has 0 aliphatic rings. The molecule has 0 spiro atoms. The second-order valence-electron chi connectivity index (χ2n) is 5.32. The fourth-order valence-corrected chi connectivity index (χ4v) is 2.31. The number of hydrogen-bond donors (Lipinski definition) is 2. The molecule has 0 saturated heterocycles. The van der Waals surface area contributed by atoms with E-state index in [9.17, 15) is 4.79 Å². The zero-order valence-corrected chi connectivity index (χ0v) is 13.3. The van der Waals surface area contributed by atoms with Crippen LogP contribution in [-0.2, 0) is 17.7 Å². The van der Waals surface area contributed by atoms with Gasteiger partial charge in [0.05, 0.1) is 5.56 Å². The summed E-state index contributed by atoms with van der Waals surface area (Å²) in [5.41, 5.74) is 2.50. The first kappa shape index (κ1) is 17.0. The summed E-state index contributed by atoms with van der Waals surface area (Å²) in [5, 5.41) is 12.2. The molecule has 0 bridgehead atoms. The predicted octanol–water partition coefficient (Wildman–Crippen LogP) is 3.36. The maximum absolute atomic E-state index is 10.8. The lowest BCUT2D eigenvalue weighted by Gasteiger charge is -2.11. The Morgan fingerprint density at radius 2 is 2.00 bits per heavy atom. The van der Waals surface area contributed by atoms with Gasteiger partial charge in [0.2, 0.25) is 0 Å². The number of anilines is 1. The molecule has 0 aliphatic heterocycles. The molecule has 2 N–H and O–H groups in total. The summed E-state index contributed by atoms with van der Waals surface area (Å²) in [4.78, 5) is 15.3. The van der Waals surface area contributed by atoms with Gasteiger partial charge in [0.25, 0.3) is 0 Å². The Morgan fingerprint density at radius 3 is 2.70 bits per heavy atom. The topological polar surface area (TPSA) is 71.5 Å². The molecule has 5 nitrogen and oxygen atoms in total. The Labute approximate surface area is 136 Å². The van der Waals surface area contributed by atoms with Gasteiger partial charge < -0.3 is 15.2 Å². The first-order valence-electron chi connectivity index (χ1n) is 7.69. The number of hydrogen-bond acceptors (Lipinski definition) is 4. The number of nitrogens with one attached hydrogen (secondary N) is 1. The van der Waals surface area contributed by atoms with Crippen LogP contribution in [0.25, 0.3) is 0 Å². The lowest BCUT2D eigenvalue weighted by Crippen LogP contribution is -2.05. The van der Waals surface area contributed by atoms with E-state index in [1.54, 1.807) is 25.4 Å². The normalized spacial score (nSPS) is 10.5. The summed E-state index contributed by atoms with van der Waals surface area (Å²) in [7, 11) is 1.71. The number of pyridine rings is 1. The molecule has 2 rings (SSSR count). The molecule has 5 heteroatoms. The van der Waals surface area contributed by atoms with E-state index in [2.05, 4.69) is 16.4 Å². The number of aromatic carboxylic acids is 1. The van der Waals surface area contributed by atoms with Gasteiger partial charge in [-0.05, 0) is 48.6 Å². The van der Waals surface area contributed by atoms with Crippen molar-refractivity contribution >= 4 is 11.8 Å². The monoisotopic (exact) mass is 314 g/mol. The number of benzene rings is 1. The highest BCUT2D eigenvalue weighted by Gasteiger charge is 2.05. The zero-order valence-electron chi connectivity index (χ0n) is 13.3. The van der Waals surface area contributed by atoms with Crippen LogP contribution in [0.1, 0.15) is 34.3 Å². The van der Waals surface area contributed by atoms with E-state index in [0.29, 0.717) is 12.1 Å². The molecule has 0 amide bonds. The van der Waals surface area contributed by atoms with Crippen LogP contribution in [-0.4, -0.2) is 29.8 Å². The van der Waals surface area contributed by atoms with E-state index >= 15 is 0 Å². The van der Waals surface area contributed by atoms with E-state index in [4.69, 9.17) is 9.84 Å². The average molecular weight is 314 g/mol. The second-order valence-corrected chi connectivity index (χ2v) is 5.32. The summed E-state index contributed by atoms with van der Waals surface area (Å²) in [6.45, 7) is 1.39. The Morgan fingerprint density at radius 1 is 1.22 bits per heavy atom. The zero-order chi connectivity index (χ0) is 16.5. The number of aromatic nitrogens is 1. The van der Waals surface area contributed by atoms with E-state index in [-0.39, 0.29) is 0 Å². The molecule has 0 atom stereocenters. The van der Waals surface area contributed by atoms with Crippen LogP contribution in [0.4, 0.5) is 5.82 Å². The number of unbranched alkanes of at least 4 members (excludes halogenated alkanes) is 1. The van der Waals surface area contributed by atoms with Crippen molar-refractivity contribution < 1.29 is 14.6 Å². The van der Waals surface area contributed by atoms with Gasteiger partial charge >= 0.3 is 5.97 Å². The van der Waals surface area contributed by atoms with Gasteiger partial charge in [-0.1, -0.05) is 18.2 Å². The van der Waals surface area contributed by atoms with Gasteiger partial charge in [0, 0.05) is 26.5 Å². The number of carboxylic acids is 1. The van der Waals surface area contributed by atoms with Crippen molar-refractivity contribution in [3.8, 4) is 0 Å². The van der Waals surface area contributed by atoms with Crippen LogP contribution in [0.3, 0.4) is 0 Å². The maximum atomic E-state index is 10.8. The average Bonchev–Trinajstić information content (AvgIpc) is 2.58. The fraction of sp³-hybridized carbons (Fsp3) is 0.333. The molecule has 0 saturated carbocycles. The second kappa shape index (κ2) is 8.90. The van der Waals surface area contributed by atoms with Gasteiger partial charge in [-0.2, -0.15) is 0 Å². The van der Waals surface area contributed by atoms with Crippen LogP contribution in [0, 0.1) is 0 Å². The highest BCUT2D eigenvalue weighted by molar-refractivity contribution is 5.87. The van der Waals surface area contributed by atoms with Crippen molar-refractivity contribution in [2.24, 2.45) is 0 Å². The first-order valence-corrected chi connectivity index (χ1v) is 7.69. The number of nitrogens with zero attached hydrogens (tertiary/aromatic N) is 1. The van der Waals surface area contributed by atoms with Gasteiger partial charge in [-0.15, -0.1) is 0 Å². The first-order chi connectivity index (χ1) is 11.2. The predicted molar refractivity (Wildman–Crippen MR) is 89.8 cm³/mol. The van der Waals surface area contributed by atoms with Crippen molar-refractivity contribution in [1.82, 2.24) is 4.98 Å². The van der Waals surface area contributed by atoms with Crippen molar-refractivity contribution in [3.63, 3.8) is 0 Å². The Kier molecular flexibility index (Phi) is 6.56. The number of rotatable bonds is 9. The minimum Gasteiger partial charge on any atom is -0.478 e. The van der Waals surface area contributed by atoms with Crippen LogP contribution in [0.15, 0.2) is 42.6 Å². The van der Waals surface area contributed by atoms with Crippen LogP contribution < -0.4 is 5.32 Å². The third kappa shape index (κ3) is 5.38. The van der Waals surface area contributed by atoms with Crippen molar-refractivity contribution in [2.45, 2.75) is 25.8 Å². The maximum Gasteiger partial charge on any atom is 0.335 e. The molecule has 1 aromatic carbocycles. The van der Waals surface area contributed by atoms with Gasteiger partial charge in [0.1, 0.15) is 5.82 Å². The van der Waals surface area contributed by atoms with Gasteiger partial charge in [0.15, 0.2) is 0 Å². The standard InChI is InChI=1S/C18H22N2O3/c1-23-12-3-2-5-15-6-4-11-19-17(15)20-13-14-7-9-16(10-8-14)18(21)22/h4,6-11H,2-3,5,12-13H2,1H3,(H,19,20)(H,21,22). The molecule has 122 valence electrons. The molecular formula is C18H22N2O3. The van der Waals surface area contributed by atoms with Gasteiger partial charge in [-0.25, -0.2) is 9.78 Å². The van der Waals surface area contributed by atoms with Crippen molar-refractivity contribution in [2.75, 3.05) is 19.0 Å². The summed E-state index contributed by atoms with van der Waals surface area (Å²) in [5.74, 6) is -0.0280. The number of ether oxygens (including phenoxy) is 1. The Balaban J connectivity index is 1.93. The SMILES string of the molecule is COCCCCc1cccnc1NCc1ccc(C(=O)O)cc1. The molecule has 0 unspecified atom stereocenters. The third-order valence-corrected chi connectivity index (χ3v) is 3.60. The fourth-order valence-electron chi connectivity index (χ4n) is 2.31.